The van der Waals surface area contributed by atoms with Crippen LogP contribution in [-0.2, 0) is 0 Å². The molecule has 17 heavy (non-hydrogen) atoms. The van der Waals surface area contributed by atoms with Gasteiger partial charge in [-0.1, -0.05) is 20.3 Å². The van der Waals surface area contributed by atoms with Crippen molar-refractivity contribution in [3.63, 3.8) is 0 Å². The van der Waals surface area contributed by atoms with Gasteiger partial charge < -0.3 is 10.4 Å². The minimum Gasteiger partial charge on any atom is -0.389 e. The second kappa shape index (κ2) is 6.72. The fourth-order valence-corrected chi connectivity index (χ4v) is 2.50. The molecule has 1 heterocycles. The normalized spacial score (nSPS) is 26.1. The van der Waals surface area contributed by atoms with Crippen molar-refractivity contribution < 1.29 is 5.11 Å². The summed E-state index contributed by atoms with van der Waals surface area (Å²) in [5.41, 5.74) is -0.560. The van der Waals surface area contributed by atoms with Gasteiger partial charge >= 0.3 is 0 Å². The number of rotatable bonds is 6. The molecule has 2 unspecified atom stereocenters. The van der Waals surface area contributed by atoms with Crippen LogP contribution in [0.4, 0.5) is 0 Å². The van der Waals surface area contributed by atoms with Crippen LogP contribution in [0.25, 0.3) is 0 Å². The van der Waals surface area contributed by atoms with Crippen LogP contribution in [0.5, 0.6) is 0 Å². The molecule has 0 aromatic carbocycles. The van der Waals surface area contributed by atoms with Crippen molar-refractivity contribution in [1.29, 1.82) is 0 Å². The van der Waals surface area contributed by atoms with Gasteiger partial charge in [-0.15, -0.1) is 0 Å². The lowest BCUT2D eigenvalue weighted by molar-refractivity contribution is -0.0367. The molecular formula is C14H30N2O. The van der Waals surface area contributed by atoms with Gasteiger partial charge in [0.25, 0.3) is 0 Å². The van der Waals surface area contributed by atoms with Crippen LogP contribution in [0, 0.1) is 5.92 Å². The summed E-state index contributed by atoms with van der Waals surface area (Å²) in [7, 11) is 2.01. The Kier molecular flexibility index (Phi) is 5.90. The van der Waals surface area contributed by atoms with Gasteiger partial charge in [0.1, 0.15) is 0 Å². The number of nitrogens with one attached hydrogen (secondary N) is 1. The SMILES string of the molecule is CNCCC1CCCCN1CC(C)(O)C(C)C. The summed E-state index contributed by atoms with van der Waals surface area (Å²) in [6.07, 6.45) is 5.11. The Balaban J connectivity index is 2.52. The zero-order chi connectivity index (χ0) is 12.9. The first-order valence-electron chi connectivity index (χ1n) is 7.08. The van der Waals surface area contributed by atoms with Gasteiger partial charge in [0.15, 0.2) is 0 Å². The van der Waals surface area contributed by atoms with E-state index in [1.807, 2.05) is 14.0 Å². The summed E-state index contributed by atoms with van der Waals surface area (Å²) in [4.78, 5) is 2.50. The average Bonchev–Trinajstić information content (AvgIpc) is 2.27. The monoisotopic (exact) mass is 242 g/mol. The predicted molar refractivity (Wildman–Crippen MR) is 73.2 cm³/mol. The number of aliphatic hydroxyl groups is 1. The first kappa shape index (κ1) is 14.9. The van der Waals surface area contributed by atoms with Crippen LogP contribution in [0.15, 0.2) is 0 Å². The average molecular weight is 242 g/mol. The van der Waals surface area contributed by atoms with E-state index in [1.54, 1.807) is 0 Å². The molecule has 0 aromatic heterocycles. The lowest BCUT2D eigenvalue weighted by Gasteiger charge is -2.41. The molecule has 0 saturated carbocycles. The Hall–Kier alpha value is -0.120. The third kappa shape index (κ3) is 4.57. The summed E-state index contributed by atoms with van der Waals surface area (Å²) in [5.74, 6) is 0.314. The molecule has 3 nitrogen and oxygen atoms in total. The minimum atomic E-state index is -0.560. The quantitative estimate of drug-likeness (QED) is 0.746. The van der Waals surface area contributed by atoms with Crippen molar-refractivity contribution in [2.24, 2.45) is 5.92 Å². The molecule has 0 spiro atoms. The van der Waals surface area contributed by atoms with E-state index >= 15 is 0 Å². The Labute approximate surface area is 107 Å². The molecule has 1 aliphatic rings. The maximum atomic E-state index is 10.4. The largest absolute Gasteiger partial charge is 0.389 e. The van der Waals surface area contributed by atoms with Gasteiger partial charge in [-0.3, -0.25) is 4.90 Å². The fraction of sp³-hybridized carbons (Fsp3) is 1.00. The maximum absolute atomic E-state index is 10.4. The van der Waals surface area contributed by atoms with Crippen LogP contribution in [0.1, 0.15) is 46.5 Å². The molecule has 1 fully saturated rings. The summed E-state index contributed by atoms with van der Waals surface area (Å²) in [5, 5.41) is 13.7. The van der Waals surface area contributed by atoms with Gasteiger partial charge in [-0.2, -0.15) is 0 Å². The van der Waals surface area contributed by atoms with Crippen LogP contribution < -0.4 is 5.32 Å². The van der Waals surface area contributed by atoms with Crippen LogP contribution in [-0.4, -0.2) is 48.3 Å². The van der Waals surface area contributed by atoms with E-state index in [-0.39, 0.29) is 0 Å². The maximum Gasteiger partial charge on any atom is 0.0768 e. The highest BCUT2D eigenvalue weighted by molar-refractivity contribution is 4.86. The lowest BCUT2D eigenvalue weighted by Crippen LogP contribution is -2.50. The van der Waals surface area contributed by atoms with Crippen molar-refractivity contribution >= 4 is 0 Å². The predicted octanol–water partition coefficient (Wildman–Crippen LogP) is 1.86. The van der Waals surface area contributed by atoms with E-state index in [4.69, 9.17) is 0 Å². The zero-order valence-electron chi connectivity index (χ0n) is 12.0. The fourth-order valence-electron chi connectivity index (χ4n) is 2.50. The third-order valence-electron chi connectivity index (χ3n) is 4.24. The van der Waals surface area contributed by atoms with Crippen LogP contribution in [0.2, 0.25) is 0 Å². The van der Waals surface area contributed by atoms with Crippen LogP contribution in [0.3, 0.4) is 0 Å². The van der Waals surface area contributed by atoms with Crippen molar-refractivity contribution in [3.05, 3.63) is 0 Å². The molecule has 102 valence electrons. The first-order valence-corrected chi connectivity index (χ1v) is 7.08. The van der Waals surface area contributed by atoms with E-state index in [9.17, 15) is 5.11 Å². The lowest BCUT2D eigenvalue weighted by atomic mass is 9.89. The molecule has 0 aromatic rings. The minimum absolute atomic E-state index is 0.314. The topological polar surface area (TPSA) is 35.5 Å². The number of β-amino-alcohol motifs (C(OH)–C–C–N with tert-alkyl or cyclic N) is 1. The molecule has 1 aliphatic heterocycles. The molecular weight excluding hydrogens is 212 g/mol. The van der Waals surface area contributed by atoms with Gasteiger partial charge in [0.05, 0.1) is 5.60 Å². The van der Waals surface area contributed by atoms with E-state index in [0.717, 1.165) is 19.6 Å². The van der Waals surface area contributed by atoms with Gasteiger partial charge in [-0.05, 0) is 52.2 Å². The smallest absolute Gasteiger partial charge is 0.0768 e. The van der Waals surface area contributed by atoms with E-state index in [1.165, 1.54) is 25.7 Å². The van der Waals surface area contributed by atoms with Crippen molar-refractivity contribution in [3.8, 4) is 0 Å². The van der Waals surface area contributed by atoms with Crippen molar-refractivity contribution in [1.82, 2.24) is 10.2 Å². The van der Waals surface area contributed by atoms with E-state index in [2.05, 4.69) is 24.1 Å². The van der Waals surface area contributed by atoms with Gasteiger partial charge in [0, 0.05) is 12.6 Å². The third-order valence-corrected chi connectivity index (χ3v) is 4.24. The molecule has 0 bridgehead atoms. The number of hydrogen-bond donors (Lipinski definition) is 2. The second-order valence-electron chi connectivity index (χ2n) is 6.02. The van der Waals surface area contributed by atoms with Crippen molar-refractivity contribution in [2.45, 2.75) is 58.1 Å². The van der Waals surface area contributed by atoms with Gasteiger partial charge in [0.2, 0.25) is 0 Å². The highest BCUT2D eigenvalue weighted by Gasteiger charge is 2.31. The Bertz CT molecular complexity index is 216. The molecule has 3 heteroatoms. The number of likely N-dealkylation sites (tertiary alicyclic amines) is 1. The number of piperidine rings is 1. The molecule has 1 saturated heterocycles. The standard InChI is InChI=1S/C14H30N2O/c1-12(2)14(3,17)11-16-10-6-5-7-13(16)8-9-15-4/h12-13,15,17H,5-11H2,1-4H3. The molecule has 2 atom stereocenters. The molecule has 1 rings (SSSR count). The van der Waals surface area contributed by atoms with Gasteiger partial charge in [-0.25, -0.2) is 0 Å². The molecule has 2 N–H and O–H groups in total. The Morgan fingerprint density at radius 2 is 2.12 bits per heavy atom. The Morgan fingerprint density at radius 1 is 1.41 bits per heavy atom. The zero-order valence-corrected chi connectivity index (χ0v) is 12.0. The molecule has 0 aliphatic carbocycles. The highest BCUT2D eigenvalue weighted by atomic mass is 16.3. The number of hydrogen-bond acceptors (Lipinski definition) is 3. The van der Waals surface area contributed by atoms with E-state index < -0.39 is 5.60 Å². The second-order valence-corrected chi connectivity index (χ2v) is 6.02. The summed E-state index contributed by atoms with van der Waals surface area (Å²) >= 11 is 0. The van der Waals surface area contributed by atoms with Crippen molar-refractivity contribution in [2.75, 3.05) is 26.7 Å². The Morgan fingerprint density at radius 3 is 2.71 bits per heavy atom. The molecule has 0 amide bonds. The summed E-state index contributed by atoms with van der Waals surface area (Å²) in [6, 6.07) is 0.654. The highest BCUT2D eigenvalue weighted by Crippen LogP contribution is 2.24. The van der Waals surface area contributed by atoms with Crippen LogP contribution >= 0.6 is 0 Å². The summed E-state index contributed by atoms with van der Waals surface area (Å²) in [6.45, 7) is 9.22. The van der Waals surface area contributed by atoms with E-state index in [0.29, 0.717) is 12.0 Å². The number of nitrogens with zero attached hydrogens (tertiary/aromatic N) is 1. The summed E-state index contributed by atoms with van der Waals surface area (Å²) < 4.78 is 0. The molecule has 0 radical (unpaired) electrons. The first-order chi connectivity index (χ1) is 7.97.